The predicted molar refractivity (Wildman–Crippen MR) is 103 cm³/mol. The molecule has 2 heterocycles. The van der Waals surface area contributed by atoms with E-state index in [1.54, 1.807) is 0 Å². The van der Waals surface area contributed by atoms with Crippen LogP contribution in [-0.4, -0.2) is 47.1 Å². The molecule has 0 aromatic heterocycles. The fourth-order valence-corrected chi connectivity index (χ4v) is 2.56. The number of carbonyl (C=O) groups excluding carboxylic acids is 2. The summed E-state index contributed by atoms with van der Waals surface area (Å²) in [6, 6.07) is 5.02. The van der Waals surface area contributed by atoms with E-state index in [2.05, 4.69) is 10.6 Å². The molecule has 0 saturated carbocycles. The van der Waals surface area contributed by atoms with E-state index in [9.17, 15) is 19.2 Å². The van der Waals surface area contributed by atoms with Crippen molar-refractivity contribution in [1.82, 2.24) is 10.6 Å². The average Bonchev–Trinajstić information content (AvgIpc) is 3.07. The van der Waals surface area contributed by atoms with Crippen molar-refractivity contribution in [3.63, 3.8) is 0 Å². The first-order chi connectivity index (χ1) is 13.4. The maximum Gasteiger partial charge on any atom is 0.335 e. The lowest BCUT2D eigenvalue weighted by molar-refractivity contribution is -0.121. The first-order valence-corrected chi connectivity index (χ1v) is 9.50. The van der Waals surface area contributed by atoms with Crippen molar-refractivity contribution in [3.8, 4) is 0 Å². The number of nitrogens with one attached hydrogen (secondary N) is 2. The van der Waals surface area contributed by atoms with Gasteiger partial charge in [0.25, 0.3) is 0 Å². The standard InChI is InChI=1S/C8H6O4.2C6H11NO/c9-7(10)5-1-2-6(4-3-5)8(11)12;2*8-6-4-2-1-3-5-7-6/h1-4H,(H,9,10)(H,11,12);2*1-5H2,(H,7,8). The molecule has 0 radical (unpaired) electrons. The van der Waals surface area contributed by atoms with Crippen LogP contribution in [0, 0.1) is 0 Å². The van der Waals surface area contributed by atoms with Crippen LogP contribution in [0.1, 0.15) is 72.1 Å². The second-order valence-electron chi connectivity index (χ2n) is 6.51. The van der Waals surface area contributed by atoms with Crippen molar-refractivity contribution in [2.24, 2.45) is 0 Å². The third-order valence-electron chi connectivity index (χ3n) is 4.18. The van der Waals surface area contributed by atoms with Gasteiger partial charge in [0.1, 0.15) is 0 Å². The summed E-state index contributed by atoms with van der Waals surface area (Å²) in [5.41, 5.74) is 0.167. The summed E-state index contributed by atoms with van der Waals surface area (Å²) in [7, 11) is 0. The van der Waals surface area contributed by atoms with Crippen LogP contribution in [0.15, 0.2) is 24.3 Å². The van der Waals surface area contributed by atoms with Crippen LogP contribution in [-0.2, 0) is 9.59 Å². The third-order valence-corrected chi connectivity index (χ3v) is 4.18. The molecule has 4 N–H and O–H groups in total. The van der Waals surface area contributed by atoms with Crippen molar-refractivity contribution in [3.05, 3.63) is 35.4 Å². The Labute approximate surface area is 164 Å². The summed E-state index contributed by atoms with van der Waals surface area (Å²) in [5, 5.41) is 22.5. The maximum atomic E-state index is 10.6. The molecule has 0 spiro atoms. The Hall–Kier alpha value is -2.90. The minimum Gasteiger partial charge on any atom is -0.478 e. The van der Waals surface area contributed by atoms with Crippen LogP contribution < -0.4 is 10.6 Å². The number of benzene rings is 1. The first-order valence-electron chi connectivity index (χ1n) is 9.50. The molecule has 2 aliphatic heterocycles. The van der Waals surface area contributed by atoms with Gasteiger partial charge in [0.15, 0.2) is 0 Å². The minimum atomic E-state index is -1.06. The Morgan fingerprint density at radius 3 is 1.32 bits per heavy atom. The van der Waals surface area contributed by atoms with Crippen LogP contribution in [0.5, 0.6) is 0 Å². The third kappa shape index (κ3) is 10.3. The number of carbonyl (C=O) groups is 4. The monoisotopic (exact) mass is 392 g/mol. The normalized spacial score (nSPS) is 16.4. The van der Waals surface area contributed by atoms with Crippen molar-refractivity contribution >= 4 is 23.8 Å². The maximum absolute atomic E-state index is 10.6. The Balaban J connectivity index is 0.000000217. The molecule has 28 heavy (non-hydrogen) atoms. The molecule has 2 aliphatic rings. The van der Waals surface area contributed by atoms with Gasteiger partial charge < -0.3 is 20.8 Å². The van der Waals surface area contributed by atoms with E-state index >= 15 is 0 Å². The summed E-state index contributed by atoms with van der Waals surface area (Å²) in [6.07, 6.45) is 8.35. The van der Waals surface area contributed by atoms with Crippen LogP contribution in [0.4, 0.5) is 0 Å². The molecular formula is C20H28N2O6. The van der Waals surface area contributed by atoms with Crippen molar-refractivity contribution in [2.45, 2.75) is 51.4 Å². The smallest absolute Gasteiger partial charge is 0.335 e. The lowest BCUT2D eigenvalue weighted by Gasteiger charge is -1.94. The number of carboxylic acid groups (broad SMARTS) is 2. The number of carboxylic acids is 2. The van der Waals surface area contributed by atoms with Crippen molar-refractivity contribution < 1.29 is 29.4 Å². The second-order valence-corrected chi connectivity index (χ2v) is 6.51. The molecule has 2 fully saturated rings. The first kappa shape index (κ1) is 23.1. The molecule has 1 aromatic carbocycles. The molecule has 2 saturated heterocycles. The van der Waals surface area contributed by atoms with Gasteiger partial charge in [0, 0.05) is 25.9 Å². The molecule has 1 aromatic rings. The lowest BCUT2D eigenvalue weighted by Crippen LogP contribution is -2.21. The highest BCUT2D eigenvalue weighted by Gasteiger charge is 2.05. The molecule has 0 bridgehead atoms. The van der Waals surface area contributed by atoms with E-state index < -0.39 is 11.9 Å². The lowest BCUT2D eigenvalue weighted by atomic mass is 10.1. The minimum absolute atomic E-state index is 0.0833. The zero-order valence-corrected chi connectivity index (χ0v) is 15.9. The second kappa shape index (κ2) is 13.3. The quantitative estimate of drug-likeness (QED) is 0.611. The molecule has 0 atom stereocenters. The van der Waals surface area contributed by atoms with Crippen LogP contribution in [0.2, 0.25) is 0 Å². The van der Waals surface area contributed by atoms with Gasteiger partial charge in [-0.1, -0.05) is 12.8 Å². The Morgan fingerprint density at radius 1 is 0.643 bits per heavy atom. The topological polar surface area (TPSA) is 133 Å². The van der Waals surface area contributed by atoms with E-state index in [0.29, 0.717) is 0 Å². The zero-order chi connectivity index (χ0) is 20.8. The van der Waals surface area contributed by atoms with Gasteiger partial charge in [-0.3, -0.25) is 9.59 Å². The summed E-state index contributed by atoms with van der Waals surface area (Å²) < 4.78 is 0. The van der Waals surface area contributed by atoms with Gasteiger partial charge in [-0.05, 0) is 49.9 Å². The molecule has 8 heteroatoms. The number of hydrogen-bond donors (Lipinski definition) is 4. The van der Waals surface area contributed by atoms with Gasteiger partial charge in [0.05, 0.1) is 11.1 Å². The number of rotatable bonds is 2. The number of aromatic carboxylic acids is 2. The summed E-state index contributed by atoms with van der Waals surface area (Å²) in [5.74, 6) is -1.68. The largest absolute Gasteiger partial charge is 0.478 e. The predicted octanol–water partition coefficient (Wildman–Crippen LogP) is 2.44. The summed E-state index contributed by atoms with van der Waals surface area (Å²) >= 11 is 0. The van der Waals surface area contributed by atoms with Crippen LogP contribution in [0.3, 0.4) is 0 Å². The average molecular weight is 392 g/mol. The van der Waals surface area contributed by atoms with Crippen LogP contribution in [0.25, 0.3) is 0 Å². The SMILES string of the molecule is O=C(O)c1ccc(C(=O)O)cc1.O=C1CCCCCN1.O=C1CCCCCN1. The van der Waals surface area contributed by atoms with E-state index in [-0.39, 0.29) is 22.9 Å². The fourth-order valence-electron chi connectivity index (χ4n) is 2.56. The van der Waals surface area contributed by atoms with Crippen LogP contribution >= 0.6 is 0 Å². The van der Waals surface area contributed by atoms with Gasteiger partial charge in [-0.2, -0.15) is 0 Å². The number of hydrogen-bond acceptors (Lipinski definition) is 4. The summed E-state index contributed by atoms with van der Waals surface area (Å²) in [4.78, 5) is 41.8. The molecule has 2 amide bonds. The molecule has 0 unspecified atom stereocenters. The van der Waals surface area contributed by atoms with E-state index in [1.807, 2.05) is 0 Å². The van der Waals surface area contributed by atoms with Gasteiger partial charge in [0.2, 0.25) is 11.8 Å². The van der Waals surface area contributed by atoms with E-state index in [0.717, 1.165) is 51.6 Å². The zero-order valence-electron chi connectivity index (χ0n) is 15.9. The molecule has 8 nitrogen and oxygen atoms in total. The van der Waals surface area contributed by atoms with Crippen molar-refractivity contribution in [2.75, 3.05) is 13.1 Å². The molecule has 0 aliphatic carbocycles. The number of amides is 2. The highest BCUT2D eigenvalue weighted by atomic mass is 16.4. The van der Waals surface area contributed by atoms with Gasteiger partial charge in [-0.25, -0.2) is 9.59 Å². The van der Waals surface area contributed by atoms with Gasteiger partial charge >= 0.3 is 11.9 Å². The summed E-state index contributed by atoms with van der Waals surface area (Å²) in [6.45, 7) is 1.78. The highest BCUT2D eigenvalue weighted by Crippen LogP contribution is 2.04. The van der Waals surface area contributed by atoms with E-state index in [4.69, 9.17) is 10.2 Å². The highest BCUT2D eigenvalue weighted by molar-refractivity contribution is 5.91. The molecular weight excluding hydrogens is 364 g/mol. The van der Waals surface area contributed by atoms with Crippen molar-refractivity contribution in [1.29, 1.82) is 0 Å². The Kier molecular flexibility index (Phi) is 11.0. The molecule has 3 rings (SSSR count). The fraction of sp³-hybridized carbons (Fsp3) is 0.500. The Morgan fingerprint density at radius 2 is 1.00 bits per heavy atom. The van der Waals surface area contributed by atoms with Gasteiger partial charge in [-0.15, -0.1) is 0 Å². The Bertz CT molecular complexity index is 580. The molecule has 154 valence electrons. The van der Waals surface area contributed by atoms with E-state index in [1.165, 1.54) is 37.1 Å².